The van der Waals surface area contributed by atoms with Crippen molar-refractivity contribution >= 4 is 5.91 Å². The van der Waals surface area contributed by atoms with Crippen molar-refractivity contribution in [1.82, 2.24) is 15.1 Å². The summed E-state index contributed by atoms with van der Waals surface area (Å²) >= 11 is 0. The molecule has 0 aromatic heterocycles. The lowest BCUT2D eigenvalue weighted by Gasteiger charge is -2.35. The quantitative estimate of drug-likeness (QED) is 0.831. The Morgan fingerprint density at radius 2 is 1.90 bits per heavy atom. The average molecular weight is 279 g/mol. The maximum Gasteiger partial charge on any atom is 0.240 e. The molecule has 0 spiro atoms. The molecule has 0 aromatic rings. The van der Waals surface area contributed by atoms with E-state index in [0.29, 0.717) is 17.4 Å². The Balaban J connectivity index is 1.64. The SMILES string of the molecule is CC1(C)CCC(N2CCCC2C(=O)N2CCNCC2)C1. The van der Waals surface area contributed by atoms with Gasteiger partial charge in [-0.2, -0.15) is 0 Å². The van der Waals surface area contributed by atoms with Gasteiger partial charge in [0.25, 0.3) is 0 Å². The molecule has 2 saturated heterocycles. The van der Waals surface area contributed by atoms with Crippen molar-refractivity contribution < 1.29 is 4.79 Å². The van der Waals surface area contributed by atoms with Gasteiger partial charge in [-0.1, -0.05) is 13.8 Å². The lowest BCUT2D eigenvalue weighted by molar-refractivity contribution is -0.137. The smallest absolute Gasteiger partial charge is 0.240 e. The first-order chi connectivity index (χ1) is 9.57. The molecular formula is C16H29N3O. The summed E-state index contributed by atoms with van der Waals surface area (Å²) in [6.07, 6.45) is 6.11. The van der Waals surface area contributed by atoms with Crippen molar-refractivity contribution in [1.29, 1.82) is 0 Å². The molecule has 1 amide bonds. The summed E-state index contributed by atoms with van der Waals surface area (Å²) in [5.41, 5.74) is 0.468. The van der Waals surface area contributed by atoms with E-state index in [1.807, 2.05) is 0 Å². The number of amides is 1. The second-order valence-electron chi connectivity index (χ2n) is 7.53. The van der Waals surface area contributed by atoms with Crippen LogP contribution in [0.5, 0.6) is 0 Å². The molecule has 3 fully saturated rings. The van der Waals surface area contributed by atoms with Gasteiger partial charge in [0.05, 0.1) is 6.04 Å². The maximum atomic E-state index is 12.8. The number of piperazine rings is 1. The van der Waals surface area contributed by atoms with E-state index in [0.717, 1.165) is 39.1 Å². The van der Waals surface area contributed by atoms with Crippen LogP contribution in [0.2, 0.25) is 0 Å². The van der Waals surface area contributed by atoms with Gasteiger partial charge in [-0.25, -0.2) is 0 Å². The number of rotatable bonds is 2. The summed E-state index contributed by atoms with van der Waals surface area (Å²) in [5, 5.41) is 3.33. The van der Waals surface area contributed by atoms with E-state index in [-0.39, 0.29) is 6.04 Å². The van der Waals surface area contributed by atoms with Gasteiger partial charge in [0.15, 0.2) is 0 Å². The first kappa shape index (κ1) is 14.3. The number of nitrogens with one attached hydrogen (secondary N) is 1. The fourth-order valence-corrected chi connectivity index (χ4v) is 4.27. The van der Waals surface area contributed by atoms with Crippen LogP contribution < -0.4 is 5.32 Å². The van der Waals surface area contributed by atoms with Gasteiger partial charge < -0.3 is 10.2 Å². The summed E-state index contributed by atoms with van der Waals surface area (Å²) in [6, 6.07) is 0.816. The fraction of sp³-hybridized carbons (Fsp3) is 0.938. The third kappa shape index (κ3) is 2.86. The Hall–Kier alpha value is -0.610. The van der Waals surface area contributed by atoms with Gasteiger partial charge in [-0.05, 0) is 44.1 Å². The van der Waals surface area contributed by atoms with Crippen molar-refractivity contribution in [2.24, 2.45) is 5.41 Å². The minimum atomic E-state index is 0.173. The van der Waals surface area contributed by atoms with Gasteiger partial charge in [0.2, 0.25) is 5.91 Å². The van der Waals surface area contributed by atoms with Crippen molar-refractivity contribution in [2.45, 2.75) is 58.0 Å². The van der Waals surface area contributed by atoms with Crippen LogP contribution in [0, 0.1) is 5.41 Å². The van der Waals surface area contributed by atoms with Gasteiger partial charge in [0.1, 0.15) is 0 Å². The molecular weight excluding hydrogens is 250 g/mol. The number of carbonyl (C=O) groups is 1. The zero-order valence-electron chi connectivity index (χ0n) is 13.0. The molecule has 2 heterocycles. The summed E-state index contributed by atoms with van der Waals surface area (Å²) in [5.74, 6) is 0.397. The van der Waals surface area contributed by atoms with Crippen LogP contribution in [0.1, 0.15) is 46.0 Å². The molecule has 20 heavy (non-hydrogen) atoms. The number of carbonyl (C=O) groups excluding carboxylic acids is 1. The Morgan fingerprint density at radius 1 is 1.15 bits per heavy atom. The molecule has 4 nitrogen and oxygen atoms in total. The molecule has 1 aliphatic carbocycles. The molecule has 2 aliphatic heterocycles. The second kappa shape index (κ2) is 5.64. The fourth-order valence-electron chi connectivity index (χ4n) is 4.27. The highest BCUT2D eigenvalue weighted by atomic mass is 16.2. The number of hydrogen-bond acceptors (Lipinski definition) is 3. The minimum absolute atomic E-state index is 0.173. The predicted molar refractivity (Wildman–Crippen MR) is 80.6 cm³/mol. The Morgan fingerprint density at radius 3 is 2.55 bits per heavy atom. The zero-order chi connectivity index (χ0) is 14.2. The van der Waals surface area contributed by atoms with Gasteiger partial charge in [-0.15, -0.1) is 0 Å². The maximum absolute atomic E-state index is 12.8. The van der Waals surface area contributed by atoms with E-state index < -0.39 is 0 Å². The number of nitrogens with zero attached hydrogens (tertiary/aromatic N) is 2. The summed E-state index contributed by atoms with van der Waals surface area (Å²) in [7, 11) is 0. The van der Waals surface area contributed by atoms with Crippen LogP contribution in [0.4, 0.5) is 0 Å². The second-order valence-corrected chi connectivity index (χ2v) is 7.53. The lowest BCUT2D eigenvalue weighted by atomic mass is 9.91. The Labute approximate surface area is 122 Å². The molecule has 2 atom stereocenters. The first-order valence-corrected chi connectivity index (χ1v) is 8.32. The van der Waals surface area contributed by atoms with Gasteiger partial charge in [-0.3, -0.25) is 9.69 Å². The highest BCUT2D eigenvalue weighted by Crippen LogP contribution is 2.41. The third-order valence-corrected chi connectivity index (χ3v) is 5.42. The molecule has 1 saturated carbocycles. The monoisotopic (exact) mass is 279 g/mol. The van der Waals surface area contributed by atoms with Crippen LogP contribution in [0.25, 0.3) is 0 Å². The lowest BCUT2D eigenvalue weighted by Crippen LogP contribution is -2.53. The predicted octanol–water partition coefficient (Wildman–Crippen LogP) is 1.46. The van der Waals surface area contributed by atoms with E-state index in [2.05, 4.69) is 29.0 Å². The normalized spacial score (nSPS) is 34.6. The standard InChI is InChI=1S/C16H29N3O/c1-16(2)6-5-13(12-16)19-9-3-4-14(19)15(20)18-10-7-17-8-11-18/h13-14,17H,3-12H2,1-2H3. The van der Waals surface area contributed by atoms with E-state index in [9.17, 15) is 4.79 Å². The van der Waals surface area contributed by atoms with Gasteiger partial charge in [0, 0.05) is 32.2 Å². The van der Waals surface area contributed by atoms with Crippen molar-refractivity contribution in [3.05, 3.63) is 0 Å². The van der Waals surface area contributed by atoms with Crippen LogP contribution in [0.15, 0.2) is 0 Å². The largest absolute Gasteiger partial charge is 0.339 e. The van der Waals surface area contributed by atoms with Crippen molar-refractivity contribution in [2.75, 3.05) is 32.7 Å². The number of likely N-dealkylation sites (tertiary alicyclic amines) is 1. The van der Waals surface area contributed by atoms with Crippen LogP contribution in [0.3, 0.4) is 0 Å². The van der Waals surface area contributed by atoms with E-state index in [1.54, 1.807) is 0 Å². The molecule has 114 valence electrons. The summed E-state index contributed by atoms with van der Waals surface area (Å²) in [4.78, 5) is 17.4. The topological polar surface area (TPSA) is 35.6 Å². The molecule has 1 N–H and O–H groups in total. The highest BCUT2D eigenvalue weighted by Gasteiger charge is 2.42. The summed E-state index contributed by atoms with van der Waals surface area (Å²) < 4.78 is 0. The molecule has 0 bridgehead atoms. The zero-order valence-corrected chi connectivity index (χ0v) is 13.0. The first-order valence-electron chi connectivity index (χ1n) is 8.32. The van der Waals surface area contributed by atoms with E-state index >= 15 is 0 Å². The number of hydrogen-bond donors (Lipinski definition) is 1. The van der Waals surface area contributed by atoms with E-state index in [1.165, 1.54) is 25.7 Å². The summed E-state index contributed by atoms with van der Waals surface area (Å²) in [6.45, 7) is 9.55. The molecule has 3 aliphatic rings. The molecule has 2 unspecified atom stereocenters. The Bertz CT molecular complexity index is 363. The minimum Gasteiger partial charge on any atom is -0.339 e. The van der Waals surface area contributed by atoms with Crippen molar-refractivity contribution in [3.63, 3.8) is 0 Å². The molecule has 0 radical (unpaired) electrons. The average Bonchev–Trinajstić information content (AvgIpc) is 3.05. The van der Waals surface area contributed by atoms with Crippen LogP contribution >= 0.6 is 0 Å². The highest BCUT2D eigenvalue weighted by molar-refractivity contribution is 5.82. The van der Waals surface area contributed by atoms with Crippen LogP contribution in [-0.2, 0) is 4.79 Å². The van der Waals surface area contributed by atoms with Crippen molar-refractivity contribution in [3.8, 4) is 0 Å². The van der Waals surface area contributed by atoms with E-state index in [4.69, 9.17) is 0 Å². The third-order valence-electron chi connectivity index (χ3n) is 5.42. The molecule has 3 rings (SSSR count). The van der Waals surface area contributed by atoms with Crippen LogP contribution in [-0.4, -0.2) is 60.5 Å². The molecule has 0 aromatic carbocycles. The molecule has 4 heteroatoms. The van der Waals surface area contributed by atoms with Gasteiger partial charge >= 0.3 is 0 Å². The Kier molecular flexibility index (Phi) is 4.04.